The number of nitrogens with zero attached hydrogens (tertiary/aromatic N) is 2. The maximum absolute atomic E-state index is 6.23. The number of nitrogens with two attached hydrogens (primary N) is 1. The molecule has 20 heavy (non-hydrogen) atoms. The molecule has 0 aliphatic carbocycles. The number of hydrogen-bond donors (Lipinski definition) is 1. The molecule has 1 heterocycles. The number of rotatable bonds is 6. The van der Waals surface area contributed by atoms with Crippen LogP contribution in [0.2, 0.25) is 5.15 Å². The average molecular weight is 292 g/mol. The lowest BCUT2D eigenvalue weighted by Gasteiger charge is -2.11. The van der Waals surface area contributed by atoms with Gasteiger partial charge in [-0.25, -0.2) is 0 Å². The summed E-state index contributed by atoms with van der Waals surface area (Å²) in [5.41, 5.74) is 9.66. The lowest BCUT2D eigenvalue weighted by atomic mass is 10.0. The molecule has 2 aromatic rings. The number of aryl methyl sites for hydroxylation is 3. The molecule has 1 unspecified atom stereocenters. The van der Waals surface area contributed by atoms with E-state index in [1.807, 2.05) is 20.0 Å². The zero-order valence-electron chi connectivity index (χ0n) is 12.1. The van der Waals surface area contributed by atoms with Crippen molar-refractivity contribution >= 4 is 11.6 Å². The van der Waals surface area contributed by atoms with Crippen molar-refractivity contribution in [3.05, 3.63) is 52.3 Å². The third-order valence-electron chi connectivity index (χ3n) is 3.62. The van der Waals surface area contributed by atoms with Crippen LogP contribution in [0.5, 0.6) is 0 Å². The van der Waals surface area contributed by atoms with E-state index in [4.69, 9.17) is 17.3 Å². The van der Waals surface area contributed by atoms with E-state index in [-0.39, 0.29) is 6.04 Å². The molecule has 4 heteroatoms. The predicted molar refractivity (Wildman–Crippen MR) is 84.0 cm³/mol. The summed E-state index contributed by atoms with van der Waals surface area (Å²) in [4.78, 5) is 0. The van der Waals surface area contributed by atoms with Crippen molar-refractivity contribution in [1.29, 1.82) is 0 Å². The van der Waals surface area contributed by atoms with Gasteiger partial charge in [0, 0.05) is 18.7 Å². The molecule has 0 aliphatic heterocycles. The lowest BCUT2D eigenvalue weighted by molar-refractivity contribution is 0.579. The molecule has 0 radical (unpaired) electrons. The quantitative estimate of drug-likeness (QED) is 0.888. The monoisotopic (exact) mass is 291 g/mol. The van der Waals surface area contributed by atoms with Crippen molar-refractivity contribution < 1.29 is 0 Å². The minimum absolute atomic E-state index is 0.138. The van der Waals surface area contributed by atoms with E-state index in [0.29, 0.717) is 5.15 Å². The minimum atomic E-state index is 0.138. The van der Waals surface area contributed by atoms with E-state index >= 15 is 0 Å². The normalized spacial score (nSPS) is 12.6. The predicted octanol–water partition coefficient (Wildman–Crippen LogP) is 3.27. The van der Waals surface area contributed by atoms with Crippen molar-refractivity contribution in [3.8, 4) is 0 Å². The second-order valence-electron chi connectivity index (χ2n) is 5.32. The third kappa shape index (κ3) is 3.84. The second kappa shape index (κ2) is 6.91. The number of hydrogen-bond acceptors (Lipinski definition) is 2. The van der Waals surface area contributed by atoms with E-state index in [0.717, 1.165) is 36.9 Å². The van der Waals surface area contributed by atoms with Crippen LogP contribution in [0.3, 0.4) is 0 Å². The molecule has 108 valence electrons. The molecule has 0 saturated heterocycles. The summed E-state index contributed by atoms with van der Waals surface area (Å²) in [7, 11) is 1.86. The standard InChI is InChI=1S/C16H22ClN3/c1-12-15(16(17)20(2)19-12)11-14(18)10-6-9-13-7-4-3-5-8-13/h3-5,7-8,14H,6,9-11,18H2,1-2H3. The maximum Gasteiger partial charge on any atom is 0.130 e. The molecular weight excluding hydrogens is 270 g/mol. The first-order valence-corrected chi connectivity index (χ1v) is 7.43. The molecule has 3 nitrogen and oxygen atoms in total. The summed E-state index contributed by atoms with van der Waals surface area (Å²) in [6.07, 6.45) is 3.98. The van der Waals surface area contributed by atoms with Crippen molar-refractivity contribution in [2.75, 3.05) is 0 Å². The molecule has 0 amide bonds. The van der Waals surface area contributed by atoms with Gasteiger partial charge < -0.3 is 5.73 Å². The Hall–Kier alpha value is -1.32. The Balaban J connectivity index is 1.82. The van der Waals surface area contributed by atoms with Crippen LogP contribution in [0.1, 0.15) is 29.7 Å². The fourth-order valence-electron chi connectivity index (χ4n) is 2.48. The Bertz CT molecular complexity index is 548. The molecule has 1 aromatic carbocycles. The number of halogens is 1. The molecule has 0 aliphatic rings. The summed E-state index contributed by atoms with van der Waals surface area (Å²) < 4.78 is 1.71. The van der Waals surface area contributed by atoms with E-state index in [9.17, 15) is 0 Å². The highest BCUT2D eigenvalue weighted by Gasteiger charge is 2.14. The maximum atomic E-state index is 6.23. The highest BCUT2D eigenvalue weighted by molar-refractivity contribution is 6.30. The zero-order valence-corrected chi connectivity index (χ0v) is 12.9. The van der Waals surface area contributed by atoms with E-state index < -0.39 is 0 Å². The van der Waals surface area contributed by atoms with Crippen LogP contribution < -0.4 is 5.73 Å². The van der Waals surface area contributed by atoms with Gasteiger partial charge in [0.05, 0.1) is 5.69 Å². The number of benzene rings is 1. The van der Waals surface area contributed by atoms with Crippen LogP contribution in [0, 0.1) is 6.92 Å². The Kier molecular flexibility index (Phi) is 5.21. The third-order valence-corrected chi connectivity index (χ3v) is 4.09. The summed E-state index contributed by atoms with van der Waals surface area (Å²) in [5.74, 6) is 0. The summed E-state index contributed by atoms with van der Waals surface area (Å²) in [6, 6.07) is 10.7. The van der Waals surface area contributed by atoms with Crippen LogP contribution in [0.25, 0.3) is 0 Å². The van der Waals surface area contributed by atoms with Gasteiger partial charge in [-0.2, -0.15) is 5.10 Å². The first kappa shape index (κ1) is 15.1. The lowest BCUT2D eigenvalue weighted by Crippen LogP contribution is -2.23. The topological polar surface area (TPSA) is 43.8 Å². The fraction of sp³-hybridized carbons (Fsp3) is 0.438. The first-order valence-electron chi connectivity index (χ1n) is 7.05. The Morgan fingerprint density at radius 3 is 2.60 bits per heavy atom. The molecule has 2 rings (SSSR count). The number of aromatic nitrogens is 2. The van der Waals surface area contributed by atoms with Gasteiger partial charge in [0.25, 0.3) is 0 Å². The second-order valence-corrected chi connectivity index (χ2v) is 5.68. The summed E-state index contributed by atoms with van der Waals surface area (Å²) in [5, 5.41) is 5.03. The molecule has 2 N–H and O–H groups in total. The molecule has 1 atom stereocenters. The van der Waals surface area contributed by atoms with Gasteiger partial charge in [-0.1, -0.05) is 41.9 Å². The van der Waals surface area contributed by atoms with Crippen LogP contribution >= 0.6 is 11.6 Å². The van der Waals surface area contributed by atoms with Crippen molar-refractivity contribution in [2.45, 2.75) is 38.6 Å². The van der Waals surface area contributed by atoms with Gasteiger partial charge >= 0.3 is 0 Å². The zero-order chi connectivity index (χ0) is 14.5. The van der Waals surface area contributed by atoms with Crippen LogP contribution in [0.4, 0.5) is 0 Å². The Labute approximate surface area is 125 Å². The smallest absolute Gasteiger partial charge is 0.130 e. The minimum Gasteiger partial charge on any atom is -0.327 e. The average Bonchev–Trinajstić information content (AvgIpc) is 2.67. The van der Waals surface area contributed by atoms with Gasteiger partial charge in [0.1, 0.15) is 5.15 Å². The van der Waals surface area contributed by atoms with Crippen LogP contribution in [-0.4, -0.2) is 15.8 Å². The van der Waals surface area contributed by atoms with Gasteiger partial charge in [-0.05, 0) is 38.2 Å². The van der Waals surface area contributed by atoms with Crippen LogP contribution in [-0.2, 0) is 19.9 Å². The SMILES string of the molecule is Cc1nn(C)c(Cl)c1CC(N)CCCc1ccccc1. The molecule has 0 spiro atoms. The van der Waals surface area contributed by atoms with Gasteiger partial charge in [0.15, 0.2) is 0 Å². The van der Waals surface area contributed by atoms with Crippen molar-refractivity contribution in [2.24, 2.45) is 12.8 Å². The van der Waals surface area contributed by atoms with E-state index in [1.54, 1.807) is 4.68 Å². The van der Waals surface area contributed by atoms with E-state index in [1.165, 1.54) is 5.56 Å². The van der Waals surface area contributed by atoms with Gasteiger partial charge in [-0.15, -0.1) is 0 Å². The highest BCUT2D eigenvalue weighted by Crippen LogP contribution is 2.21. The van der Waals surface area contributed by atoms with Gasteiger partial charge in [0.2, 0.25) is 0 Å². The van der Waals surface area contributed by atoms with Crippen LogP contribution in [0.15, 0.2) is 30.3 Å². The molecule has 0 bridgehead atoms. The molecular formula is C16H22ClN3. The van der Waals surface area contributed by atoms with Gasteiger partial charge in [-0.3, -0.25) is 4.68 Å². The largest absolute Gasteiger partial charge is 0.327 e. The summed E-state index contributed by atoms with van der Waals surface area (Å²) in [6.45, 7) is 1.98. The van der Waals surface area contributed by atoms with E-state index in [2.05, 4.69) is 29.4 Å². The Morgan fingerprint density at radius 2 is 2.00 bits per heavy atom. The highest BCUT2D eigenvalue weighted by atomic mass is 35.5. The van der Waals surface area contributed by atoms with Crippen molar-refractivity contribution in [3.63, 3.8) is 0 Å². The fourth-order valence-corrected chi connectivity index (χ4v) is 2.73. The first-order chi connectivity index (χ1) is 9.58. The Morgan fingerprint density at radius 1 is 1.30 bits per heavy atom. The molecule has 1 aromatic heterocycles. The molecule has 0 fully saturated rings. The summed E-state index contributed by atoms with van der Waals surface area (Å²) >= 11 is 6.23. The van der Waals surface area contributed by atoms with Crippen molar-refractivity contribution in [1.82, 2.24) is 9.78 Å². The molecule has 0 saturated carbocycles.